The number of hydrogen-bond acceptors (Lipinski definition) is 8. The van der Waals surface area contributed by atoms with Gasteiger partial charge in [0, 0.05) is 16.7 Å². The number of carbonyl (C=O) groups is 1. The van der Waals surface area contributed by atoms with Crippen molar-refractivity contribution in [3.63, 3.8) is 0 Å². The maximum absolute atomic E-state index is 14.0. The van der Waals surface area contributed by atoms with Crippen molar-refractivity contribution < 1.29 is 23.4 Å². The number of esters is 1. The van der Waals surface area contributed by atoms with Crippen molar-refractivity contribution in [2.75, 3.05) is 13.7 Å². The lowest BCUT2D eigenvalue weighted by Gasteiger charge is -2.25. The van der Waals surface area contributed by atoms with Crippen molar-refractivity contribution in [1.29, 1.82) is 0 Å². The number of ether oxygens (including phenoxy) is 3. The first-order chi connectivity index (χ1) is 20.1. The van der Waals surface area contributed by atoms with E-state index < -0.39 is 12.0 Å². The van der Waals surface area contributed by atoms with E-state index in [0.29, 0.717) is 48.6 Å². The number of nitrogens with zero attached hydrogens (tertiary/aromatic N) is 2. The largest absolute Gasteiger partial charge is 0.493 e. The summed E-state index contributed by atoms with van der Waals surface area (Å²) in [5, 5.41) is 0.607. The van der Waals surface area contributed by atoms with Crippen molar-refractivity contribution in [3.8, 4) is 22.8 Å². The van der Waals surface area contributed by atoms with Crippen LogP contribution >= 0.6 is 22.9 Å². The second kappa shape index (κ2) is 12.0. The molecule has 1 atom stereocenters. The number of hydrogen-bond donors (Lipinski definition) is 0. The van der Waals surface area contributed by atoms with E-state index in [1.54, 1.807) is 45.2 Å². The molecule has 0 N–H and O–H groups in total. The van der Waals surface area contributed by atoms with Crippen molar-refractivity contribution in [2.24, 2.45) is 4.99 Å². The number of carbonyl (C=O) groups excluding carboxylic acids is 1. The van der Waals surface area contributed by atoms with E-state index in [0.717, 1.165) is 11.1 Å². The van der Waals surface area contributed by atoms with Gasteiger partial charge in [-0.05, 0) is 82.1 Å². The molecule has 1 aliphatic rings. The molecule has 0 spiro atoms. The van der Waals surface area contributed by atoms with E-state index in [-0.39, 0.29) is 23.8 Å². The Kier molecular flexibility index (Phi) is 8.43. The second-order valence-corrected chi connectivity index (χ2v) is 11.5. The molecule has 2 aromatic heterocycles. The molecule has 0 unspecified atom stereocenters. The Labute approximate surface area is 252 Å². The van der Waals surface area contributed by atoms with E-state index in [1.165, 1.54) is 15.9 Å². The number of fused-ring (bicyclic) bond motifs is 1. The molecule has 218 valence electrons. The van der Waals surface area contributed by atoms with Gasteiger partial charge in [-0.2, -0.15) is 0 Å². The number of allylic oxidation sites excluding steroid dienone is 1. The molecule has 42 heavy (non-hydrogen) atoms. The third-order valence-electron chi connectivity index (χ3n) is 6.75. The maximum Gasteiger partial charge on any atom is 0.338 e. The molecule has 1 aliphatic heterocycles. The Morgan fingerprint density at radius 3 is 2.64 bits per heavy atom. The van der Waals surface area contributed by atoms with E-state index in [1.807, 2.05) is 51.1 Å². The Hall–Kier alpha value is -4.08. The van der Waals surface area contributed by atoms with Gasteiger partial charge < -0.3 is 18.6 Å². The molecule has 8 nitrogen and oxygen atoms in total. The van der Waals surface area contributed by atoms with Crippen LogP contribution in [0.1, 0.15) is 50.6 Å². The van der Waals surface area contributed by atoms with E-state index >= 15 is 0 Å². The van der Waals surface area contributed by atoms with Crippen LogP contribution in [-0.4, -0.2) is 30.4 Å². The van der Waals surface area contributed by atoms with E-state index in [9.17, 15) is 9.59 Å². The molecule has 4 aromatic rings. The first-order valence-electron chi connectivity index (χ1n) is 13.5. The molecular formula is C32H31ClN2O6S. The standard InChI is InChI=1S/C32H31ClN2O6S/c1-7-39-31(37)28-19(5)34-32-35(29(28)20-9-12-25(40-17(2)3)26(14-20)38-6)30(36)27(42-32)16-22-11-13-24(41-22)23-15-21(33)10-8-18(23)4/h8-17,29H,7H2,1-6H3/b27-16+/t29-/m0/s1. The molecule has 0 aliphatic carbocycles. The normalized spacial score (nSPS) is 15.0. The van der Waals surface area contributed by atoms with Crippen LogP contribution in [0.15, 0.2) is 74.0 Å². The summed E-state index contributed by atoms with van der Waals surface area (Å²) < 4.78 is 24.9. The van der Waals surface area contributed by atoms with Crippen LogP contribution in [0.5, 0.6) is 11.5 Å². The Morgan fingerprint density at radius 2 is 1.93 bits per heavy atom. The van der Waals surface area contributed by atoms with Gasteiger partial charge in [-0.1, -0.05) is 35.1 Å². The molecule has 10 heteroatoms. The summed E-state index contributed by atoms with van der Waals surface area (Å²) in [6.45, 7) is 9.50. The minimum Gasteiger partial charge on any atom is -0.493 e. The molecule has 0 radical (unpaired) electrons. The lowest BCUT2D eigenvalue weighted by Crippen LogP contribution is -2.40. The van der Waals surface area contributed by atoms with Gasteiger partial charge in [0.05, 0.1) is 41.7 Å². The highest BCUT2D eigenvalue weighted by atomic mass is 35.5. The van der Waals surface area contributed by atoms with Crippen LogP contribution in [0.3, 0.4) is 0 Å². The molecule has 0 bridgehead atoms. The molecule has 2 aromatic carbocycles. The summed E-state index contributed by atoms with van der Waals surface area (Å²) in [6, 6.07) is 13.9. The number of methoxy groups -OCH3 is 1. The van der Waals surface area contributed by atoms with Gasteiger partial charge in [-0.25, -0.2) is 9.79 Å². The number of aromatic nitrogens is 1. The van der Waals surface area contributed by atoms with Gasteiger partial charge in [-0.3, -0.25) is 9.36 Å². The quantitative estimate of drug-likeness (QED) is 0.235. The molecule has 0 fully saturated rings. The number of furan rings is 1. The SMILES string of the molecule is CCOC(=O)C1=C(C)N=c2s/c(=C/c3ccc(-c4cc(Cl)ccc4C)o3)c(=O)n2[C@H]1c1ccc(OC(C)C)c(OC)c1. The Bertz CT molecular complexity index is 1880. The smallest absolute Gasteiger partial charge is 0.338 e. The molecule has 0 saturated heterocycles. The topological polar surface area (TPSA) is 92.3 Å². The molecule has 0 amide bonds. The zero-order valence-corrected chi connectivity index (χ0v) is 25.8. The monoisotopic (exact) mass is 606 g/mol. The predicted octanol–water partition coefficient (Wildman–Crippen LogP) is 5.82. The minimum absolute atomic E-state index is 0.0652. The number of halogens is 1. The Balaban J connectivity index is 1.65. The zero-order valence-electron chi connectivity index (χ0n) is 24.2. The fourth-order valence-corrected chi connectivity index (χ4v) is 6.08. The highest BCUT2D eigenvalue weighted by Crippen LogP contribution is 2.36. The Morgan fingerprint density at radius 1 is 1.14 bits per heavy atom. The molecular weight excluding hydrogens is 576 g/mol. The average Bonchev–Trinajstić information content (AvgIpc) is 3.53. The summed E-state index contributed by atoms with van der Waals surface area (Å²) in [7, 11) is 1.55. The maximum atomic E-state index is 14.0. The fraction of sp³-hybridized carbons (Fsp3) is 0.281. The van der Waals surface area contributed by atoms with Gasteiger partial charge in [0.2, 0.25) is 0 Å². The lowest BCUT2D eigenvalue weighted by molar-refractivity contribution is -0.139. The number of rotatable bonds is 8. The van der Waals surface area contributed by atoms with Crippen LogP contribution < -0.4 is 24.4 Å². The van der Waals surface area contributed by atoms with Crippen molar-refractivity contribution in [1.82, 2.24) is 4.57 Å². The summed E-state index contributed by atoms with van der Waals surface area (Å²) in [4.78, 5) is 32.3. The van der Waals surface area contributed by atoms with Crippen LogP contribution in [-0.2, 0) is 9.53 Å². The van der Waals surface area contributed by atoms with E-state index in [2.05, 4.69) is 4.99 Å². The molecule has 0 saturated carbocycles. The van der Waals surface area contributed by atoms with Crippen LogP contribution in [0.2, 0.25) is 5.02 Å². The summed E-state index contributed by atoms with van der Waals surface area (Å²) >= 11 is 7.43. The predicted molar refractivity (Wildman–Crippen MR) is 163 cm³/mol. The lowest BCUT2D eigenvalue weighted by atomic mass is 9.95. The summed E-state index contributed by atoms with van der Waals surface area (Å²) in [5.74, 6) is 1.66. The summed E-state index contributed by atoms with van der Waals surface area (Å²) in [5.41, 5.74) is 3.00. The average molecular weight is 607 g/mol. The van der Waals surface area contributed by atoms with Crippen molar-refractivity contribution in [2.45, 2.75) is 46.8 Å². The summed E-state index contributed by atoms with van der Waals surface area (Å²) in [6.07, 6.45) is 1.62. The van der Waals surface area contributed by atoms with Crippen LogP contribution in [0.25, 0.3) is 17.4 Å². The van der Waals surface area contributed by atoms with Crippen LogP contribution in [0.4, 0.5) is 0 Å². The molecule has 5 rings (SSSR count). The van der Waals surface area contributed by atoms with E-state index in [4.69, 9.17) is 30.2 Å². The first-order valence-corrected chi connectivity index (χ1v) is 14.7. The zero-order chi connectivity index (χ0) is 30.1. The van der Waals surface area contributed by atoms with Gasteiger partial charge in [0.25, 0.3) is 5.56 Å². The number of aryl methyl sites for hydroxylation is 1. The minimum atomic E-state index is -0.786. The van der Waals surface area contributed by atoms with Crippen molar-refractivity contribution in [3.05, 3.63) is 101 Å². The highest BCUT2D eigenvalue weighted by Gasteiger charge is 2.34. The van der Waals surface area contributed by atoms with Crippen LogP contribution in [0, 0.1) is 6.92 Å². The molecule has 3 heterocycles. The third-order valence-corrected chi connectivity index (χ3v) is 7.97. The van der Waals surface area contributed by atoms with Gasteiger partial charge in [-0.15, -0.1) is 0 Å². The van der Waals surface area contributed by atoms with Crippen molar-refractivity contribution >= 4 is 35.0 Å². The third kappa shape index (κ3) is 5.67. The second-order valence-electron chi connectivity index (χ2n) is 10.0. The number of thiazole rings is 1. The highest BCUT2D eigenvalue weighted by molar-refractivity contribution is 7.07. The van der Waals surface area contributed by atoms with Gasteiger partial charge in [0.1, 0.15) is 11.5 Å². The van der Waals surface area contributed by atoms with Gasteiger partial charge in [0.15, 0.2) is 16.3 Å². The fourth-order valence-electron chi connectivity index (χ4n) is 4.88. The number of benzene rings is 2. The first kappa shape index (κ1) is 29.4. The van der Waals surface area contributed by atoms with Gasteiger partial charge >= 0.3 is 5.97 Å².